The van der Waals surface area contributed by atoms with Crippen LogP contribution in [0.2, 0.25) is 0 Å². The predicted molar refractivity (Wildman–Crippen MR) is 155 cm³/mol. The van der Waals surface area contributed by atoms with Crippen molar-refractivity contribution in [2.75, 3.05) is 5.32 Å². The zero-order valence-corrected chi connectivity index (χ0v) is 21.9. The number of nitrogens with zero attached hydrogens (tertiary/aromatic N) is 5. The van der Waals surface area contributed by atoms with E-state index in [1.165, 1.54) is 19.3 Å². The Morgan fingerprint density at radius 3 is 2.65 bits per heavy atom. The van der Waals surface area contributed by atoms with Gasteiger partial charge in [0, 0.05) is 47.7 Å². The molecule has 3 N–H and O–H groups in total. The monoisotopic (exact) mass is 528 g/mol. The average Bonchev–Trinajstić information content (AvgIpc) is 3.62. The maximum atomic E-state index is 12.7. The van der Waals surface area contributed by atoms with Crippen LogP contribution in [-0.2, 0) is 4.79 Å². The molecule has 40 heavy (non-hydrogen) atoms. The molecule has 1 saturated carbocycles. The van der Waals surface area contributed by atoms with Crippen molar-refractivity contribution in [3.05, 3.63) is 73.4 Å². The molecule has 0 bridgehead atoms. The molecule has 5 aromatic heterocycles. The summed E-state index contributed by atoms with van der Waals surface area (Å²) in [5.74, 6) is 1.20. The van der Waals surface area contributed by atoms with Gasteiger partial charge in [0.15, 0.2) is 5.82 Å². The lowest BCUT2D eigenvalue weighted by atomic mass is 9.87. The molecule has 0 radical (unpaired) electrons. The number of pyridine rings is 3. The SMILES string of the molecule is O=C(CC1CCCCC1)Nc1cncc(-c2ccc3[nH]nc(-c4nc5c(-c6cccnc6)nccc5[nH]4)c3c2)c1. The van der Waals surface area contributed by atoms with E-state index in [2.05, 4.69) is 41.5 Å². The lowest BCUT2D eigenvalue weighted by molar-refractivity contribution is -0.117. The van der Waals surface area contributed by atoms with Crippen LogP contribution in [0.25, 0.3) is 55.8 Å². The van der Waals surface area contributed by atoms with E-state index in [1.54, 1.807) is 24.8 Å². The van der Waals surface area contributed by atoms with Crippen LogP contribution >= 0.6 is 0 Å². The van der Waals surface area contributed by atoms with Crippen LogP contribution < -0.4 is 5.32 Å². The Morgan fingerprint density at radius 1 is 0.875 bits per heavy atom. The van der Waals surface area contributed by atoms with Gasteiger partial charge in [-0.3, -0.25) is 24.8 Å². The fraction of sp³-hybridized carbons (Fsp3) is 0.226. The highest BCUT2D eigenvalue weighted by Crippen LogP contribution is 2.33. The Balaban J connectivity index is 1.19. The van der Waals surface area contributed by atoms with Gasteiger partial charge in [0.25, 0.3) is 0 Å². The summed E-state index contributed by atoms with van der Waals surface area (Å²) in [7, 11) is 0. The van der Waals surface area contributed by atoms with Crippen molar-refractivity contribution in [1.82, 2.24) is 35.1 Å². The maximum Gasteiger partial charge on any atom is 0.224 e. The van der Waals surface area contributed by atoms with Gasteiger partial charge in [0.05, 0.1) is 28.6 Å². The molecule has 1 aromatic carbocycles. The number of hydrogen-bond donors (Lipinski definition) is 3. The largest absolute Gasteiger partial charge is 0.336 e. The first-order valence-corrected chi connectivity index (χ1v) is 13.7. The summed E-state index contributed by atoms with van der Waals surface area (Å²) in [6.07, 6.45) is 15.4. The minimum Gasteiger partial charge on any atom is -0.336 e. The summed E-state index contributed by atoms with van der Waals surface area (Å²) in [5, 5.41) is 11.7. The standard InChI is InChI=1S/C31H28N8O/c40-27(13-19-5-2-1-3-6-19)35-23-14-22(17-33-18-23)20-8-9-25-24(15-20)29(39-38-25)31-36-26-10-12-34-28(30(26)37-31)21-7-4-11-32-16-21/h4,7-12,14-19H,1-3,5-6,13H2,(H,35,40)(H,36,37)(H,38,39). The first-order chi connectivity index (χ1) is 19.7. The van der Waals surface area contributed by atoms with Gasteiger partial charge >= 0.3 is 0 Å². The van der Waals surface area contributed by atoms with E-state index in [0.717, 1.165) is 62.9 Å². The van der Waals surface area contributed by atoms with Gasteiger partial charge in [0.1, 0.15) is 11.2 Å². The number of anilines is 1. The molecule has 0 atom stereocenters. The topological polar surface area (TPSA) is 125 Å². The quantitative estimate of drug-likeness (QED) is 0.226. The number of fused-ring (bicyclic) bond motifs is 2. The highest BCUT2D eigenvalue weighted by molar-refractivity contribution is 5.98. The van der Waals surface area contributed by atoms with Crippen molar-refractivity contribution in [3.63, 3.8) is 0 Å². The van der Waals surface area contributed by atoms with Gasteiger partial charge in [-0.05, 0) is 60.7 Å². The van der Waals surface area contributed by atoms with Gasteiger partial charge in [-0.1, -0.05) is 25.3 Å². The second kappa shape index (κ2) is 10.3. The normalized spacial score (nSPS) is 14.1. The van der Waals surface area contributed by atoms with Gasteiger partial charge in [-0.2, -0.15) is 5.10 Å². The second-order valence-electron chi connectivity index (χ2n) is 10.4. The van der Waals surface area contributed by atoms with E-state index in [0.29, 0.717) is 23.9 Å². The van der Waals surface area contributed by atoms with E-state index in [-0.39, 0.29) is 5.91 Å². The first-order valence-electron chi connectivity index (χ1n) is 13.7. The number of amides is 1. The zero-order chi connectivity index (χ0) is 26.9. The highest BCUT2D eigenvalue weighted by atomic mass is 16.1. The van der Waals surface area contributed by atoms with Crippen molar-refractivity contribution < 1.29 is 4.79 Å². The van der Waals surface area contributed by atoms with E-state index >= 15 is 0 Å². The van der Waals surface area contributed by atoms with Crippen molar-refractivity contribution >= 4 is 33.5 Å². The zero-order valence-electron chi connectivity index (χ0n) is 21.9. The first kappa shape index (κ1) is 24.1. The molecule has 5 heterocycles. The number of nitrogens with one attached hydrogen (secondary N) is 3. The Labute approximate surface area is 230 Å². The number of aromatic nitrogens is 7. The summed E-state index contributed by atoms with van der Waals surface area (Å²) in [6, 6.07) is 13.8. The van der Waals surface area contributed by atoms with Crippen LogP contribution in [0.5, 0.6) is 0 Å². The van der Waals surface area contributed by atoms with Crippen molar-refractivity contribution in [3.8, 4) is 33.9 Å². The van der Waals surface area contributed by atoms with E-state index in [9.17, 15) is 4.79 Å². The lowest BCUT2D eigenvalue weighted by Gasteiger charge is -2.20. The van der Waals surface area contributed by atoms with Crippen LogP contribution in [0.1, 0.15) is 38.5 Å². The number of carbonyl (C=O) groups is 1. The molecule has 198 valence electrons. The van der Waals surface area contributed by atoms with Gasteiger partial charge in [0.2, 0.25) is 5.91 Å². The summed E-state index contributed by atoms with van der Waals surface area (Å²) in [5.41, 5.74) is 7.51. The summed E-state index contributed by atoms with van der Waals surface area (Å²) in [6.45, 7) is 0. The fourth-order valence-electron chi connectivity index (χ4n) is 5.67. The van der Waals surface area contributed by atoms with Crippen LogP contribution in [0.3, 0.4) is 0 Å². The van der Waals surface area contributed by atoms with Crippen molar-refractivity contribution in [2.45, 2.75) is 38.5 Å². The third-order valence-electron chi connectivity index (χ3n) is 7.68. The third kappa shape index (κ3) is 4.70. The molecule has 0 saturated heterocycles. The Bertz CT molecular complexity index is 1820. The number of benzene rings is 1. The van der Waals surface area contributed by atoms with Gasteiger partial charge < -0.3 is 10.3 Å². The number of aromatic amines is 2. The number of rotatable bonds is 6. The number of carbonyl (C=O) groups excluding carboxylic acids is 1. The molecule has 1 fully saturated rings. The molecule has 7 rings (SSSR count). The Morgan fingerprint density at radius 2 is 1.77 bits per heavy atom. The van der Waals surface area contributed by atoms with Crippen LogP contribution in [0.4, 0.5) is 5.69 Å². The predicted octanol–water partition coefficient (Wildman–Crippen LogP) is 6.53. The summed E-state index contributed by atoms with van der Waals surface area (Å²) in [4.78, 5) is 34.2. The van der Waals surface area contributed by atoms with E-state index < -0.39 is 0 Å². The van der Waals surface area contributed by atoms with Crippen molar-refractivity contribution in [2.24, 2.45) is 5.92 Å². The smallest absolute Gasteiger partial charge is 0.224 e. The molecule has 1 amide bonds. The Hall–Kier alpha value is -4.92. The summed E-state index contributed by atoms with van der Waals surface area (Å²) >= 11 is 0. The minimum absolute atomic E-state index is 0.0588. The summed E-state index contributed by atoms with van der Waals surface area (Å²) < 4.78 is 0. The average molecular weight is 529 g/mol. The van der Waals surface area contributed by atoms with Gasteiger partial charge in [-0.25, -0.2) is 4.98 Å². The van der Waals surface area contributed by atoms with E-state index in [4.69, 9.17) is 4.98 Å². The molecular formula is C31H28N8O. The molecule has 9 heteroatoms. The highest BCUT2D eigenvalue weighted by Gasteiger charge is 2.18. The minimum atomic E-state index is 0.0588. The Kier molecular flexibility index (Phi) is 6.24. The molecule has 1 aliphatic rings. The third-order valence-corrected chi connectivity index (χ3v) is 7.68. The fourth-order valence-corrected chi connectivity index (χ4v) is 5.67. The maximum absolute atomic E-state index is 12.7. The lowest BCUT2D eigenvalue weighted by Crippen LogP contribution is -2.18. The molecule has 0 spiro atoms. The van der Waals surface area contributed by atoms with Crippen LogP contribution in [0.15, 0.2) is 73.4 Å². The second-order valence-corrected chi connectivity index (χ2v) is 10.4. The molecule has 9 nitrogen and oxygen atoms in total. The van der Waals surface area contributed by atoms with E-state index in [1.807, 2.05) is 42.6 Å². The van der Waals surface area contributed by atoms with Gasteiger partial charge in [-0.15, -0.1) is 0 Å². The van der Waals surface area contributed by atoms with Crippen molar-refractivity contribution in [1.29, 1.82) is 0 Å². The number of imidazole rings is 1. The molecule has 0 aliphatic heterocycles. The molecule has 6 aromatic rings. The molecular weight excluding hydrogens is 500 g/mol. The van der Waals surface area contributed by atoms with Crippen LogP contribution in [0, 0.1) is 5.92 Å². The van der Waals surface area contributed by atoms with Crippen LogP contribution in [-0.4, -0.2) is 41.0 Å². The molecule has 0 unspecified atom stereocenters. The number of hydrogen-bond acceptors (Lipinski definition) is 6. The molecule has 1 aliphatic carbocycles. The number of H-pyrrole nitrogens is 2.